The largest absolute Gasteiger partial charge is 0.480 e. The minimum Gasteiger partial charge on any atom is -0.480 e. The first kappa shape index (κ1) is 14.8. The highest BCUT2D eigenvalue weighted by Crippen LogP contribution is 2.19. The van der Waals surface area contributed by atoms with Crippen molar-refractivity contribution in [2.75, 3.05) is 18.8 Å². The van der Waals surface area contributed by atoms with Crippen molar-refractivity contribution in [2.24, 2.45) is 5.92 Å². The third-order valence-corrected chi connectivity index (χ3v) is 3.14. The molecule has 0 saturated carbocycles. The Bertz CT molecular complexity index is 359. The maximum Gasteiger partial charge on any atom is 0.328 e. The Morgan fingerprint density at radius 2 is 2.06 bits per heavy atom. The van der Waals surface area contributed by atoms with Crippen LogP contribution in [0, 0.1) is 5.92 Å². The number of carboxylic acid groups (broad SMARTS) is 1. The zero-order chi connectivity index (χ0) is 13.9. The van der Waals surface area contributed by atoms with Gasteiger partial charge in [-0.3, -0.25) is 14.5 Å². The Kier molecular flexibility index (Phi) is 5.01. The van der Waals surface area contributed by atoms with E-state index < -0.39 is 18.5 Å². The van der Waals surface area contributed by atoms with Gasteiger partial charge in [-0.1, -0.05) is 13.8 Å². The molecule has 0 aliphatic carbocycles. The Morgan fingerprint density at radius 3 is 2.50 bits per heavy atom. The van der Waals surface area contributed by atoms with E-state index in [4.69, 9.17) is 5.11 Å². The van der Waals surface area contributed by atoms with Crippen LogP contribution in [0.2, 0.25) is 0 Å². The van der Waals surface area contributed by atoms with Crippen LogP contribution < -0.4 is 0 Å². The van der Waals surface area contributed by atoms with Crippen molar-refractivity contribution in [3.63, 3.8) is 0 Å². The Hall–Kier alpha value is -1.24. The summed E-state index contributed by atoms with van der Waals surface area (Å²) >= 11 is 4.17. The van der Waals surface area contributed by atoms with Crippen LogP contribution in [0.15, 0.2) is 0 Å². The van der Waals surface area contributed by atoms with Gasteiger partial charge in [0.15, 0.2) is 0 Å². The molecule has 0 bridgehead atoms. The first-order valence-electron chi connectivity index (χ1n) is 5.80. The van der Waals surface area contributed by atoms with Gasteiger partial charge in [0, 0.05) is 5.75 Å². The van der Waals surface area contributed by atoms with Crippen molar-refractivity contribution in [2.45, 2.75) is 26.3 Å². The van der Waals surface area contributed by atoms with Gasteiger partial charge in [-0.2, -0.15) is 12.6 Å². The van der Waals surface area contributed by atoms with Crippen LogP contribution in [0.5, 0.6) is 0 Å². The molecule has 0 aromatic carbocycles. The molecule has 6 nitrogen and oxygen atoms in total. The molecule has 0 spiro atoms. The van der Waals surface area contributed by atoms with Gasteiger partial charge in [-0.15, -0.1) is 0 Å². The molecule has 3 amide bonds. The number of aliphatic carboxylic acids is 1. The fraction of sp³-hybridized carbons (Fsp3) is 0.727. The summed E-state index contributed by atoms with van der Waals surface area (Å²) in [6.45, 7) is 3.39. The van der Waals surface area contributed by atoms with Gasteiger partial charge in [0.2, 0.25) is 0 Å². The SMILES string of the molecule is CC(C)CC(CS)N1C(=O)CN(CC(=O)O)C1=O. The second-order valence-corrected chi connectivity index (χ2v) is 5.13. The predicted molar refractivity (Wildman–Crippen MR) is 68.5 cm³/mol. The first-order valence-corrected chi connectivity index (χ1v) is 6.43. The van der Waals surface area contributed by atoms with Gasteiger partial charge >= 0.3 is 12.0 Å². The summed E-state index contributed by atoms with van der Waals surface area (Å²) in [5, 5.41) is 8.67. The number of nitrogens with zero attached hydrogens (tertiary/aromatic N) is 2. The number of carbonyl (C=O) groups excluding carboxylic acids is 2. The van der Waals surface area contributed by atoms with E-state index in [2.05, 4.69) is 12.6 Å². The molecule has 18 heavy (non-hydrogen) atoms. The third-order valence-electron chi connectivity index (χ3n) is 2.72. The number of carboxylic acids is 1. The number of urea groups is 1. The van der Waals surface area contributed by atoms with Crippen LogP contribution in [-0.2, 0) is 9.59 Å². The lowest BCUT2D eigenvalue weighted by atomic mass is 10.0. The topological polar surface area (TPSA) is 77.9 Å². The van der Waals surface area contributed by atoms with E-state index in [1.165, 1.54) is 0 Å². The van der Waals surface area contributed by atoms with Gasteiger partial charge in [0.25, 0.3) is 5.91 Å². The fourth-order valence-electron chi connectivity index (χ4n) is 2.02. The molecule has 1 aliphatic heterocycles. The number of carbonyl (C=O) groups is 3. The number of imide groups is 1. The zero-order valence-electron chi connectivity index (χ0n) is 10.5. The molecule has 7 heteroatoms. The third kappa shape index (κ3) is 3.38. The number of hydrogen-bond donors (Lipinski definition) is 2. The summed E-state index contributed by atoms with van der Waals surface area (Å²) in [5.41, 5.74) is 0. The van der Waals surface area contributed by atoms with E-state index in [0.717, 1.165) is 9.80 Å². The van der Waals surface area contributed by atoms with E-state index in [0.29, 0.717) is 18.1 Å². The molecule has 0 aromatic heterocycles. The molecule has 1 atom stereocenters. The summed E-state index contributed by atoms with van der Waals surface area (Å²) in [6, 6.07) is -0.797. The van der Waals surface area contributed by atoms with E-state index in [1.807, 2.05) is 13.8 Å². The predicted octanol–water partition coefficient (Wildman–Crippen LogP) is 0.680. The molecule has 1 fully saturated rings. The number of hydrogen-bond acceptors (Lipinski definition) is 4. The molecular weight excluding hydrogens is 256 g/mol. The van der Waals surface area contributed by atoms with Crippen molar-refractivity contribution < 1.29 is 19.5 Å². The number of rotatable bonds is 6. The molecule has 1 aliphatic rings. The highest BCUT2D eigenvalue weighted by Gasteiger charge is 2.40. The van der Waals surface area contributed by atoms with Crippen molar-refractivity contribution >= 4 is 30.5 Å². The van der Waals surface area contributed by atoms with Gasteiger partial charge in [0.05, 0.1) is 6.04 Å². The van der Waals surface area contributed by atoms with Crippen LogP contribution in [0.1, 0.15) is 20.3 Å². The Balaban J connectivity index is 2.79. The van der Waals surface area contributed by atoms with Crippen LogP contribution in [0.3, 0.4) is 0 Å². The highest BCUT2D eigenvalue weighted by molar-refractivity contribution is 7.80. The minimum absolute atomic E-state index is 0.159. The summed E-state index contributed by atoms with van der Waals surface area (Å²) in [5.74, 6) is -0.752. The highest BCUT2D eigenvalue weighted by atomic mass is 32.1. The van der Waals surface area contributed by atoms with E-state index >= 15 is 0 Å². The maximum absolute atomic E-state index is 12.0. The zero-order valence-corrected chi connectivity index (χ0v) is 11.4. The van der Waals surface area contributed by atoms with E-state index in [1.54, 1.807) is 0 Å². The van der Waals surface area contributed by atoms with Crippen molar-refractivity contribution in [3.05, 3.63) is 0 Å². The lowest BCUT2D eigenvalue weighted by molar-refractivity contribution is -0.137. The van der Waals surface area contributed by atoms with Gasteiger partial charge in [0.1, 0.15) is 13.1 Å². The monoisotopic (exact) mass is 274 g/mol. The molecule has 1 saturated heterocycles. The summed E-state index contributed by atoms with van der Waals surface area (Å²) in [7, 11) is 0. The normalized spacial score (nSPS) is 17.8. The lowest BCUT2D eigenvalue weighted by Gasteiger charge is -2.26. The molecule has 1 unspecified atom stereocenters. The average Bonchev–Trinajstić information content (AvgIpc) is 2.50. The van der Waals surface area contributed by atoms with Gasteiger partial charge in [-0.05, 0) is 12.3 Å². The van der Waals surface area contributed by atoms with Gasteiger partial charge in [-0.25, -0.2) is 4.79 Å². The molecule has 0 aromatic rings. The Morgan fingerprint density at radius 1 is 1.44 bits per heavy atom. The number of amides is 3. The number of thiol groups is 1. The first-order chi connectivity index (χ1) is 8.36. The fourth-order valence-corrected chi connectivity index (χ4v) is 2.33. The molecule has 0 radical (unpaired) electrons. The van der Waals surface area contributed by atoms with E-state index in [9.17, 15) is 14.4 Å². The second kappa shape index (κ2) is 6.08. The van der Waals surface area contributed by atoms with Crippen molar-refractivity contribution in [3.8, 4) is 0 Å². The molecule has 1 rings (SSSR count). The van der Waals surface area contributed by atoms with Gasteiger partial charge < -0.3 is 10.0 Å². The van der Waals surface area contributed by atoms with Crippen LogP contribution >= 0.6 is 12.6 Å². The quantitative estimate of drug-likeness (QED) is 0.551. The molecular formula is C11H18N2O4S. The Labute approximate surface area is 111 Å². The molecule has 1 N–H and O–H groups in total. The summed E-state index contributed by atoms with van der Waals surface area (Å²) in [6.07, 6.45) is 0.669. The average molecular weight is 274 g/mol. The minimum atomic E-state index is -1.12. The van der Waals surface area contributed by atoms with Crippen molar-refractivity contribution in [1.29, 1.82) is 0 Å². The summed E-state index contributed by atoms with van der Waals surface area (Å²) < 4.78 is 0. The second-order valence-electron chi connectivity index (χ2n) is 4.76. The molecule has 1 heterocycles. The van der Waals surface area contributed by atoms with Crippen LogP contribution in [0.4, 0.5) is 4.79 Å². The maximum atomic E-state index is 12.0. The van der Waals surface area contributed by atoms with Crippen LogP contribution in [0.25, 0.3) is 0 Å². The smallest absolute Gasteiger partial charge is 0.328 e. The van der Waals surface area contributed by atoms with Crippen molar-refractivity contribution in [1.82, 2.24) is 9.80 Å². The van der Waals surface area contributed by atoms with E-state index in [-0.39, 0.29) is 18.5 Å². The summed E-state index contributed by atoms with van der Waals surface area (Å²) in [4.78, 5) is 36.5. The lowest BCUT2D eigenvalue weighted by Crippen LogP contribution is -2.43. The standard InChI is InChI=1S/C11H18N2O4S/c1-7(2)3-8(6-18)13-9(14)4-12(11(13)17)5-10(15)16/h7-8,18H,3-6H2,1-2H3,(H,15,16). The molecule has 102 valence electrons. The van der Waals surface area contributed by atoms with Crippen LogP contribution in [-0.4, -0.2) is 57.7 Å².